The average molecular weight is 507 g/mol. The zero-order valence-electron chi connectivity index (χ0n) is 20.9. The highest BCUT2D eigenvalue weighted by atomic mass is 16.6. The van der Waals surface area contributed by atoms with Crippen LogP contribution >= 0.6 is 0 Å². The molecule has 10 heteroatoms. The third-order valence-electron chi connectivity index (χ3n) is 6.10. The fraction of sp³-hybridized carbons (Fsp3) is 0.333. The van der Waals surface area contributed by atoms with E-state index < -0.39 is 35.5 Å². The van der Waals surface area contributed by atoms with Crippen molar-refractivity contribution in [3.63, 3.8) is 0 Å². The zero-order chi connectivity index (χ0) is 26.7. The van der Waals surface area contributed by atoms with Crippen LogP contribution in [0, 0.1) is 0 Å². The maximum Gasteiger partial charge on any atom is 0.335 e. The summed E-state index contributed by atoms with van der Waals surface area (Å²) in [4.78, 5) is 54.9. The van der Waals surface area contributed by atoms with Gasteiger partial charge in [0, 0.05) is 22.8 Å². The summed E-state index contributed by atoms with van der Waals surface area (Å²) in [6, 6.07) is 11.7. The number of H-pyrrole nitrogens is 1. The highest BCUT2D eigenvalue weighted by Gasteiger charge is 2.44. The number of carboxylic acid groups (broad SMARTS) is 1. The number of para-hydroxylation sites is 1. The van der Waals surface area contributed by atoms with E-state index in [-0.39, 0.29) is 23.8 Å². The molecule has 2 atom stereocenters. The Kier molecular flexibility index (Phi) is 7.19. The number of amides is 3. The van der Waals surface area contributed by atoms with Crippen molar-refractivity contribution in [3.8, 4) is 0 Å². The summed E-state index contributed by atoms with van der Waals surface area (Å²) in [6.45, 7) is 4.96. The number of nitrogens with one attached hydrogen (secondary N) is 3. The van der Waals surface area contributed by atoms with Gasteiger partial charge in [-0.1, -0.05) is 24.3 Å². The zero-order valence-corrected chi connectivity index (χ0v) is 20.9. The number of likely N-dealkylation sites (tertiary alicyclic amines) is 1. The van der Waals surface area contributed by atoms with E-state index in [4.69, 9.17) is 9.84 Å². The maximum absolute atomic E-state index is 13.5. The summed E-state index contributed by atoms with van der Waals surface area (Å²) >= 11 is 0. The first kappa shape index (κ1) is 25.7. The number of aromatic nitrogens is 1. The molecule has 10 nitrogen and oxygen atoms in total. The second kappa shape index (κ2) is 10.3. The molecule has 1 fully saturated rings. The van der Waals surface area contributed by atoms with Gasteiger partial charge in [0.15, 0.2) is 0 Å². The molecule has 1 aromatic heterocycles. The van der Waals surface area contributed by atoms with E-state index in [1.165, 1.54) is 23.1 Å². The maximum atomic E-state index is 13.5. The molecule has 0 spiro atoms. The molecule has 1 saturated heterocycles. The minimum absolute atomic E-state index is 0.0210. The van der Waals surface area contributed by atoms with Crippen LogP contribution in [-0.2, 0) is 14.3 Å². The molecule has 4 rings (SSSR count). The number of carbonyl (C=O) groups is 4. The molecule has 4 N–H and O–H groups in total. The molecule has 194 valence electrons. The summed E-state index contributed by atoms with van der Waals surface area (Å²) in [6.07, 6.45) is 2.84. The van der Waals surface area contributed by atoms with Gasteiger partial charge >= 0.3 is 18.0 Å². The number of urea groups is 1. The SMILES string of the molecule is CC(C)(C)OC(=O)[C@@H]1CC[C@H](c2c[nH]c3ccccc23)N1C(=O)CNC(=O)Nc1cccc(C(=O)O)c1. The van der Waals surface area contributed by atoms with E-state index in [1.807, 2.05) is 30.5 Å². The third kappa shape index (κ3) is 5.91. The van der Waals surface area contributed by atoms with E-state index in [1.54, 1.807) is 26.8 Å². The molecule has 0 saturated carbocycles. The number of anilines is 1. The number of nitrogens with zero attached hydrogens (tertiary/aromatic N) is 1. The number of hydrogen-bond acceptors (Lipinski definition) is 5. The first-order valence-corrected chi connectivity index (χ1v) is 12.0. The number of carbonyl (C=O) groups excluding carboxylic acids is 3. The van der Waals surface area contributed by atoms with Gasteiger partial charge in [0.2, 0.25) is 5.91 Å². The number of aromatic amines is 1. The smallest absolute Gasteiger partial charge is 0.335 e. The van der Waals surface area contributed by atoms with Gasteiger partial charge in [-0.2, -0.15) is 0 Å². The fourth-order valence-electron chi connectivity index (χ4n) is 4.59. The summed E-state index contributed by atoms with van der Waals surface area (Å²) in [5, 5.41) is 15.1. The monoisotopic (exact) mass is 506 g/mol. The van der Waals surface area contributed by atoms with Crippen molar-refractivity contribution in [3.05, 3.63) is 65.9 Å². The van der Waals surface area contributed by atoms with Crippen molar-refractivity contribution in [2.45, 2.75) is 51.3 Å². The Morgan fingerprint density at radius 1 is 1.08 bits per heavy atom. The highest BCUT2D eigenvalue weighted by molar-refractivity contribution is 5.95. The number of fused-ring (bicyclic) bond motifs is 1. The van der Waals surface area contributed by atoms with Crippen molar-refractivity contribution in [1.29, 1.82) is 0 Å². The first-order valence-electron chi connectivity index (χ1n) is 12.0. The van der Waals surface area contributed by atoms with Crippen LogP contribution in [-0.4, -0.2) is 57.1 Å². The molecule has 0 bridgehead atoms. The Hall–Kier alpha value is -4.34. The van der Waals surface area contributed by atoms with Crippen LogP contribution < -0.4 is 10.6 Å². The van der Waals surface area contributed by atoms with Gasteiger partial charge < -0.3 is 30.4 Å². The van der Waals surface area contributed by atoms with E-state index in [0.717, 1.165) is 16.5 Å². The van der Waals surface area contributed by atoms with Crippen molar-refractivity contribution < 1.29 is 29.0 Å². The summed E-state index contributed by atoms with van der Waals surface area (Å²) < 4.78 is 5.60. The van der Waals surface area contributed by atoms with Crippen molar-refractivity contribution >= 4 is 40.5 Å². The lowest BCUT2D eigenvalue weighted by Gasteiger charge is -2.31. The first-order chi connectivity index (χ1) is 17.5. The van der Waals surface area contributed by atoms with E-state index in [2.05, 4.69) is 15.6 Å². The number of rotatable bonds is 6. The topological polar surface area (TPSA) is 141 Å². The van der Waals surface area contributed by atoms with E-state index in [9.17, 15) is 19.2 Å². The van der Waals surface area contributed by atoms with Crippen LogP contribution in [0.4, 0.5) is 10.5 Å². The van der Waals surface area contributed by atoms with Crippen molar-refractivity contribution in [2.75, 3.05) is 11.9 Å². The van der Waals surface area contributed by atoms with Crippen LogP contribution in [0.3, 0.4) is 0 Å². The lowest BCUT2D eigenvalue weighted by atomic mass is 10.0. The normalized spacial score (nSPS) is 17.4. The Labute approximate surface area is 214 Å². The van der Waals surface area contributed by atoms with Gasteiger partial charge in [-0.25, -0.2) is 14.4 Å². The van der Waals surface area contributed by atoms with Gasteiger partial charge in [-0.15, -0.1) is 0 Å². The minimum Gasteiger partial charge on any atom is -0.478 e. The Bertz CT molecular complexity index is 1340. The number of benzene rings is 2. The number of esters is 1. The molecule has 0 aliphatic carbocycles. The van der Waals surface area contributed by atoms with Crippen molar-refractivity contribution in [1.82, 2.24) is 15.2 Å². The van der Waals surface area contributed by atoms with Gasteiger partial charge in [0.05, 0.1) is 18.2 Å². The number of hydrogen-bond donors (Lipinski definition) is 4. The molecular weight excluding hydrogens is 476 g/mol. The third-order valence-corrected chi connectivity index (χ3v) is 6.10. The van der Waals surface area contributed by atoms with Crippen LogP contribution in [0.2, 0.25) is 0 Å². The van der Waals surface area contributed by atoms with Gasteiger partial charge in [0.25, 0.3) is 0 Å². The molecule has 1 aliphatic heterocycles. The van der Waals surface area contributed by atoms with Crippen molar-refractivity contribution in [2.24, 2.45) is 0 Å². The highest BCUT2D eigenvalue weighted by Crippen LogP contribution is 2.40. The lowest BCUT2D eigenvalue weighted by Crippen LogP contribution is -2.48. The predicted molar refractivity (Wildman–Crippen MR) is 137 cm³/mol. The predicted octanol–water partition coefficient (Wildman–Crippen LogP) is 4.06. The second-order valence-corrected chi connectivity index (χ2v) is 9.93. The molecule has 0 unspecified atom stereocenters. The Morgan fingerprint density at radius 3 is 2.57 bits per heavy atom. The van der Waals surface area contributed by atoms with Crippen LogP contribution in [0.15, 0.2) is 54.7 Å². The van der Waals surface area contributed by atoms with E-state index >= 15 is 0 Å². The molecule has 3 amide bonds. The lowest BCUT2D eigenvalue weighted by molar-refractivity contribution is -0.164. The van der Waals surface area contributed by atoms with Gasteiger partial charge in [-0.05, 0) is 63.4 Å². The molecule has 0 radical (unpaired) electrons. The molecular formula is C27H30N4O6. The molecule has 3 aromatic rings. The fourth-order valence-corrected chi connectivity index (χ4v) is 4.59. The molecule has 37 heavy (non-hydrogen) atoms. The molecule has 2 heterocycles. The van der Waals surface area contributed by atoms with Gasteiger partial charge in [0.1, 0.15) is 11.6 Å². The number of ether oxygens (including phenoxy) is 1. The van der Waals surface area contributed by atoms with Crippen LogP contribution in [0.5, 0.6) is 0 Å². The Morgan fingerprint density at radius 2 is 1.84 bits per heavy atom. The number of carboxylic acids is 1. The Balaban J connectivity index is 1.52. The summed E-state index contributed by atoms with van der Waals surface area (Å²) in [7, 11) is 0. The molecule has 2 aromatic carbocycles. The second-order valence-electron chi connectivity index (χ2n) is 9.93. The minimum atomic E-state index is -1.12. The largest absolute Gasteiger partial charge is 0.478 e. The quantitative estimate of drug-likeness (QED) is 0.372. The number of aromatic carboxylic acids is 1. The van der Waals surface area contributed by atoms with Crippen LogP contribution in [0.1, 0.15) is 55.6 Å². The van der Waals surface area contributed by atoms with E-state index in [0.29, 0.717) is 12.8 Å². The standard InChI is InChI=1S/C27H30N4O6/c1-27(2,3)37-25(35)22-12-11-21(19-14-28-20-10-5-4-9-18(19)20)31(22)23(32)15-29-26(36)30-17-8-6-7-16(13-17)24(33)34/h4-10,13-14,21-22,28H,11-12,15H2,1-3H3,(H,33,34)(H2,29,30,36)/t21-,22+/m1/s1. The van der Waals surface area contributed by atoms with Crippen LogP contribution in [0.25, 0.3) is 10.9 Å². The average Bonchev–Trinajstić information content (AvgIpc) is 3.46. The summed E-state index contributed by atoms with van der Waals surface area (Å²) in [5.41, 5.74) is 1.39. The van der Waals surface area contributed by atoms with Gasteiger partial charge in [-0.3, -0.25) is 4.79 Å². The summed E-state index contributed by atoms with van der Waals surface area (Å²) in [5.74, 6) is -2.04. The molecule has 1 aliphatic rings.